The molecule has 0 bridgehead atoms. The fraction of sp³-hybridized carbons (Fsp3) is 0.417. The molecule has 0 spiro atoms. The number of carbonyl (C=O) groups excluding carboxylic acids is 1. The SMILES string of the molecule is CN1C(=O)C(C)(C)c2cc(Br)cc(C(F)(F)F)c21. The zero-order chi connectivity index (χ0) is 13.9. The van der Waals surface area contributed by atoms with Gasteiger partial charge in [0.25, 0.3) is 0 Å². The van der Waals surface area contributed by atoms with Gasteiger partial charge in [-0.3, -0.25) is 4.79 Å². The van der Waals surface area contributed by atoms with Gasteiger partial charge in [0.1, 0.15) is 0 Å². The van der Waals surface area contributed by atoms with Crippen LogP contribution in [0.4, 0.5) is 18.9 Å². The van der Waals surface area contributed by atoms with Crippen LogP contribution in [-0.4, -0.2) is 13.0 Å². The van der Waals surface area contributed by atoms with E-state index in [-0.39, 0.29) is 11.6 Å². The minimum atomic E-state index is -4.48. The molecule has 2 nitrogen and oxygen atoms in total. The molecule has 0 saturated carbocycles. The number of likely N-dealkylation sites (N-methyl/N-ethyl adjacent to an activating group) is 1. The van der Waals surface area contributed by atoms with Crippen LogP contribution in [0, 0.1) is 0 Å². The summed E-state index contributed by atoms with van der Waals surface area (Å²) in [4.78, 5) is 13.1. The van der Waals surface area contributed by atoms with Crippen molar-refractivity contribution in [3.05, 3.63) is 27.7 Å². The second kappa shape index (κ2) is 3.73. The molecule has 1 aliphatic heterocycles. The molecule has 0 fully saturated rings. The third-order valence-electron chi connectivity index (χ3n) is 3.23. The van der Waals surface area contributed by atoms with Crippen molar-refractivity contribution in [3.8, 4) is 0 Å². The predicted molar refractivity (Wildman–Crippen MR) is 65.6 cm³/mol. The van der Waals surface area contributed by atoms with E-state index in [2.05, 4.69) is 15.9 Å². The van der Waals surface area contributed by atoms with Crippen molar-refractivity contribution in [3.63, 3.8) is 0 Å². The van der Waals surface area contributed by atoms with Gasteiger partial charge in [0.2, 0.25) is 5.91 Å². The lowest BCUT2D eigenvalue weighted by Gasteiger charge is -2.17. The maximum Gasteiger partial charge on any atom is 0.418 e. The lowest BCUT2D eigenvalue weighted by atomic mass is 9.85. The molecule has 0 N–H and O–H groups in total. The van der Waals surface area contributed by atoms with Gasteiger partial charge >= 0.3 is 6.18 Å². The van der Waals surface area contributed by atoms with Crippen molar-refractivity contribution < 1.29 is 18.0 Å². The van der Waals surface area contributed by atoms with E-state index in [9.17, 15) is 18.0 Å². The largest absolute Gasteiger partial charge is 0.418 e. The standard InChI is InChI=1S/C12H11BrF3NO/c1-11(2)7-4-6(13)5-8(12(14,15)16)9(7)17(3)10(11)18/h4-5H,1-3H3. The number of hydrogen-bond donors (Lipinski definition) is 0. The van der Waals surface area contributed by atoms with Crippen LogP contribution in [0.2, 0.25) is 0 Å². The molecule has 1 aromatic rings. The summed E-state index contributed by atoms with van der Waals surface area (Å²) in [6, 6.07) is 2.58. The van der Waals surface area contributed by atoms with Gasteiger partial charge in [0.05, 0.1) is 16.7 Å². The number of nitrogens with zero attached hydrogens (tertiary/aromatic N) is 1. The highest BCUT2D eigenvalue weighted by atomic mass is 79.9. The van der Waals surface area contributed by atoms with Crippen molar-refractivity contribution in [1.29, 1.82) is 0 Å². The van der Waals surface area contributed by atoms with E-state index in [1.54, 1.807) is 19.9 Å². The average molecular weight is 322 g/mol. The Hall–Kier alpha value is -1.04. The second-order valence-electron chi connectivity index (χ2n) is 4.84. The third-order valence-corrected chi connectivity index (χ3v) is 3.69. The minimum absolute atomic E-state index is 0.0410. The van der Waals surface area contributed by atoms with Crippen LogP contribution >= 0.6 is 15.9 Å². The van der Waals surface area contributed by atoms with Crippen molar-refractivity contribution in [1.82, 2.24) is 0 Å². The molecule has 1 heterocycles. The van der Waals surface area contributed by atoms with E-state index in [0.717, 1.165) is 11.0 Å². The van der Waals surface area contributed by atoms with E-state index in [4.69, 9.17) is 0 Å². The van der Waals surface area contributed by atoms with Crippen molar-refractivity contribution in [2.75, 3.05) is 11.9 Å². The van der Waals surface area contributed by atoms with E-state index in [1.165, 1.54) is 7.05 Å². The van der Waals surface area contributed by atoms with Crippen LogP contribution in [0.25, 0.3) is 0 Å². The van der Waals surface area contributed by atoms with E-state index in [0.29, 0.717) is 10.0 Å². The van der Waals surface area contributed by atoms with Crippen LogP contribution in [0.3, 0.4) is 0 Å². The van der Waals surface area contributed by atoms with Gasteiger partial charge in [-0.25, -0.2) is 0 Å². The molecule has 1 aliphatic rings. The van der Waals surface area contributed by atoms with Gasteiger partial charge in [0.15, 0.2) is 0 Å². The Labute approximate surface area is 111 Å². The van der Waals surface area contributed by atoms with Crippen LogP contribution in [0.15, 0.2) is 16.6 Å². The topological polar surface area (TPSA) is 20.3 Å². The smallest absolute Gasteiger partial charge is 0.314 e. The maximum absolute atomic E-state index is 13.0. The number of amides is 1. The molecule has 0 saturated heterocycles. The monoisotopic (exact) mass is 321 g/mol. The van der Waals surface area contributed by atoms with Gasteiger partial charge in [-0.05, 0) is 31.5 Å². The Morgan fingerprint density at radius 2 is 1.83 bits per heavy atom. The Kier molecular flexibility index (Phi) is 2.77. The zero-order valence-corrected chi connectivity index (χ0v) is 11.6. The molecule has 0 unspecified atom stereocenters. The highest BCUT2D eigenvalue weighted by Crippen LogP contribution is 2.48. The van der Waals surface area contributed by atoms with Gasteiger partial charge in [-0.1, -0.05) is 15.9 Å². The number of benzene rings is 1. The van der Waals surface area contributed by atoms with Crippen LogP contribution in [0.5, 0.6) is 0 Å². The molecule has 2 rings (SSSR count). The predicted octanol–water partition coefficient (Wildman–Crippen LogP) is 3.72. The van der Waals surface area contributed by atoms with E-state index in [1.807, 2.05) is 0 Å². The number of fused-ring (bicyclic) bond motifs is 1. The van der Waals surface area contributed by atoms with Gasteiger partial charge in [0, 0.05) is 11.5 Å². The molecular formula is C12H11BrF3NO. The molecule has 1 amide bonds. The first-order valence-corrected chi connectivity index (χ1v) is 6.05. The summed E-state index contributed by atoms with van der Waals surface area (Å²) in [5, 5.41) is 0. The number of rotatable bonds is 0. The van der Waals surface area contributed by atoms with Crippen molar-refractivity contribution in [2.24, 2.45) is 0 Å². The summed E-state index contributed by atoms with van der Waals surface area (Å²) < 4.78 is 39.4. The van der Waals surface area contributed by atoms with Crippen LogP contribution in [-0.2, 0) is 16.4 Å². The van der Waals surface area contributed by atoms with Gasteiger partial charge in [-0.15, -0.1) is 0 Å². The number of hydrogen-bond acceptors (Lipinski definition) is 1. The van der Waals surface area contributed by atoms with Gasteiger partial charge in [-0.2, -0.15) is 13.2 Å². The van der Waals surface area contributed by atoms with Crippen LogP contribution in [0.1, 0.15) is 25.0 Å². The third kappa shape index (κ3) is 1.74. The molecule has 0 atom stereocenters. The quantitative estimate of drug-likeness (QED) is 0.713. The maximum atomic E-state index is 13.0. The number of carbonyl (C=O) groups is 1. The number of anilines is 1. The number of halogens is 4. The summed E-state index contributed by atoms with van der Waals surface area (Å²) in [6.45, 7) is 3.26. The van der Waals surface area contributed by atoms with Crippen molar-refractivity contribution >= 4 is 27.5 Å². The summed E-state index contributed by atoms with van der Waals surface area (Å²) in [5.74, 6) is -0.332. The molecule has 0 radical (unpaired) electrons. The Bertz CT molecular complexity index is 537. The molecule has 1 aromatic carbocycles. The molecule has 6 heteroatoms. The highest BCUT2D eigenvalue weighted by Gasteiger charge is 2.47. The van der Waals surface area contributed by atoms with Crippen molar-refractivity contribution in [2.45, 2.75) is 25.4 Å². The average Bonchev–Trinajstić information content (AvgIpc) is 2.39. The van der Waals surface area contributed by atoms with Gasteiger partial charge < -0.3 is 4.90 Å². The van der Waals surface area contributed by atoms with Crippen LogP contribution < -0.4 is 4.90 Å². The zero-order valence-electron chi connectivity index (χ0n) is 10.0. The summed E-state index contributed by atoms with van der Waals surface area (Å²) in [6.07, 6.45) is -4.48. The highest BCUT2D eigenvalue weighted by molar-refractivity contribution is 9.10. The summed E-state index contributed by atoms with van der Waals surface area (Å²) >= 11 is 3.07. The lowest BCUT2D eigenvalue weighted by molar-refractivity contribution is -0.137. The first-order chi connectivity index (χ1) is 8.06. The summed E-state index contributed by atoms with van der Waals surface area (Å²) in [5.41, 5.74) is -1.36. The number of alkyl halides is 3. The Morgan fingerprint density at radius 3 is 2.33 bits per heavy atom. The lowest BCUT2D eigenvalue weighted by Crippen LogP contribution is -2.33. The summed E-state index contributed by atoms with van der Waals surface area (Å²) in [7, 11) is 1.37. The molecule has 18 heavy (non-hydrogen) atoms. The normalized spacial score (nSPS) is 18.2. The van der Waals surface area contributed by atoms with E-state index >= 15 is 0 Å². The Balaban J connectivity index is 2.81. The first-order valence-electron chi connectivity index (χ1n) is 5.26. The molecule has 0 aromatic heterocycles. The second-order valence-corrected chi connectivity index (χ2v) is 5.75. The molecule has 0 aliphatic carbocycles. The first kappa shape index (κ1) is 13.4. The fourth-order valence-electron chi connectivity index (χ4n) is 2.29. The molecule has 98 valence electrons. The van der Waals surface area contributed by atoms with E-state index < -0.39 is 17.2 Å². The minimum Gasteiger partial charge on any atom is -0.314 e. The fourth-order valence-corrected chi connectivity index (χ4v) is 2.75. The Morgan fingerprint density at radius 1 is 1.28 bits per heavy atom. The molecular weight excluding hydrogens is 311 g/mol.